The van der Waals surface area contributed by atoms with Crippen LogP contribution in [0.4, 0.5) is 0 Å². The lowest BCUT2D eigenvalue weighted by atomic mass is 10.2. The fourth-order valence-electron chi connectivity index (χ4n) is 0.811. The number of rotatable bonds is 3. The van der Waals surface area contributed by atoms with E-state index >= 15 is 0 Å². The Morgan fingerprint density at radius 2 is 1.73 bits per heavy atom. The molecule has 62 valence electrons. The molecule has 0 aliphatic carbocycles. The summed E-state index contributed by atoms with van der Waals surface area (Å²) >= 11 is 0. The van der Waals surface area contributed by atoms with E-state index in [0.717, 1.165) is 6.42 Å². The Morgan fingerprint density at radius 3 is 2.18 bits per heavy atom. The summed E-state index contributed by atoms with van der Waals surface area (Å²) in [7, 11) is 0. The first-order chi connectivity index (χ1) is 5.16. The Morgan fingerprint density at radius 1 is 1.09 bits per heavy atom. The van der Waals surface area contributed by atoms with Crippen molar-refractivity contribution in [2.45, 2.75) is 34.1 Å². The van der Waals surface area contributed by atoms with Gasteiger partial charge in [-0.15, -0.1) is 0 Å². The lowest BCUT2D eigenvalue weighted by molar-refractivity contribution is 1.26. The average molecular weight is 150 g/mol. The van der Waals surface area contributed by atoms with E-state index in [1.807, 2.05) is 6.92 Å². The second-order valence-electron chi connectivity index (χ2n) is 2.97. The molecule has 0 saturated carbocycles. The topological polar surface area (TPSA) is 0 Å². The zero-order chi connectivity index (χ0) is 8.69. The van der Waals surface area contributed by atoms with Crippen LogP contribution in [0.1, 0.15) is 34.1 Å². The number of allylic oxidation sites excluding steroid dienone is 6. The zero-order valence-electron chi connectivity index (χ0n) is 8.02. The molecule has 0 aromatic heterocycles. The van der Waals surface area contributed by atoms with Crippen LogP contribution in [-0.2, 0) is 0 Å². The first-order valence-electron chi connectivity index (χ1n) is 4.09. The third-order valence-electron chi connectivity index (χ3n) is 1.40. The highest BCUT2D eigenvalue weighted by Crippen LogP contribution is 2.00. The Hall–Kier alpha value is -0.780. The Bertz CT molecular complexity index is 176. The molecular formula is C11H18. The van der Waals surface area contributed by atoms with E-state index < -0.39 is 0 Å². The zero-order valence-corrected chi connectivity index (χ0v) is 8.02. The molecule has 0 heteroatoms. The molecule has 0 rings (SSSR count). The van der Waals surface area contributed by atoms with Crippen molar-refractivity contribution in [3.8, 4) is 0 Å². The molecule has 0 aromatic rings. The van der Waals surface area contributed by atoms with Crippen molar-refractivity contribution in [1.29, 1.82) is 0 Å². The second kappa shape index (κ2) is 5.96. The van der Waals surface area contributed by atoms with Crippen molar-refractivity contribution in [3.05, 3.63) is 35.5 Å². The lowest BCUT2D eigenvalue weighted by Crippen LogP contribution is -1.69. The van der Waals surface area contributed by atoms with Crippen molar-refractivity contribution >= 4 is 0 Å². The van der Waals surface area contributed by atoms with Gasteiger partial charge in [-0.2, -0.15) is 0 Å². The molecular weight excluding hydrogens is 132 g/mol. The molecule has 0 aliphatic rings. The third kappa shape index (κ3) is 7.11. The van der Waals surface area contributed by atoms with Crippen LogP contribution in [0.3, 0.4) is 0 Å². The first-order valence-corrected chi connectivity index (χ1v) is 4.09. The summed E-state index contributed by atoms with van der Waals surface area (Å²) in [6, 6.07) is 0. The SMILES string of the molecule is CC=CC(C)=CCC=C(C)C. The predicted octanol–water partition coefficient (Wildman–Crippen LogP) is 3.87. The molecule has 11 heavy (non-hydrogen) atoms. The molecule has 0 bridgehead atoms. The van der Waals surface area contributed by atoms with Gasteiger partial charge in [0.2, 0.25) is 0 Å². The summed E-state index contributed by atoms with van der Waals surface area (Å²) in [6.07, 6.45) is 9.70. The van der Waals surface area contributed by atoms with Gasteiger partial charge in [0.25, 0.3) is 0 Å². The molecule has 0 aliphatic heterocycles. The Kier molecular flexibility index (Phi) is 5.54. The molecule has 0 spiro atoms. The van der Waals surface area contributed by atoms with Crippen LogP contribution in [0.25, 0.3) is 0 Å². The Balaban J connectivity index is 3.83. The molecule has 0 saturated heterocycles. The molecule has 0 unspecified atom stereocenters. The summed E-state index contributed by atoms with van der Waals surface area (Å²) in [5, 5.41) is 0. The van der Waals surface area contributed by atoms with E-state index in [1.54, 1.807) is 0 Å². The van der Waals surface area contributed by atoms with E-state index in [-0.39, 0.29) is 0 Å². The minimum atomic E-state index is 1.05. The van der Waals surface area contributed by atoms with Gasteiger partial charge in [0.05, 0.1) is 0 Å². The largest absolute Gasteiger partial charge is 0.0874 e. The van der Waals surface area contributed by atoms with Crippen LogP contribution in [0.2, 0.25) is 0 Å². The van der Waals surface area contributed by atoms with Crippen LogP contribution in [-0.4, -0.2) is 0 Å². The van der Waals surface area contributed by atoms with Gasteiger partial charge in [0.15, 0.2) is 0 Å². The van der Waals surface area contributed by atoms with Gasteiger partial charge in [-0.1, -0.05) is 35.5 Å². The predicted molar refractivity (Wildman–Crippen MR) is 52.6 cm³/mol. The molecule has 0 radical (unpaired) electrons. The molecule has 0 nitrogen and oxygen atoms in total. The molecule has 0 amide bonds. The van der Waals surface area contributed by atoms with Crippen LogP contribution >= 0.6 is 0 Å². The van der Waals surface area contributed by atoms with Gasteiger partial charge in [0, 0.05) is 0 Å². The summed E-state index contributed by atoms with van der Waals surface area (Å²) in [5.74, 6) is 0. The summed E-state index contributed by atoms with van der Waals surface area (Å²) in [5.41, 5.74) is 2.72. The maximum absolute atomic E-state index is 2.23. The van der Waals surface area contributed by atoms with Gasteiger partial charge in [-0.05, 0) is 34.1 Å². The van der Waals surface area contributed by atoms with Crippen LogP contribution in [0.5, 0.6) is 0 Å². The fraction of sp³-hybridized carbons (Fsp3) is 0.455. The van der Waals surface area contributed by atoms with Gasteiger partial charge in [0.1, 0.15) is 0 Å². The van der Waals surface area contributed by atoms with E-state index in [4.69, 9.17) is 0 Å². The van der Waals surface area contributed by atoms with Crippen LogP contribution < -0.4 is 0 Å². The average Bonchev–Trinajstić information content (AvgIpc) is 1.87. The smallest absolute Gasteiger partial charge is 0.0161 e. The standard InChI is InChI=1S/C11H18/c1-5-7-11(4)9-6-8-10(2)3/h5,7-9H,6H2,1-4H3. The maximum Gasteiger partial charge on any atom is -0.0161 e. The quantitative estimate of drug-likeness (QED) is 0.423. The van der Waals surface area contributed by atoms with Crippen molar-refractivity contribution in [2.24, 2.45) is 0 Å². The van der Waals surface area contributed by atoms with Crippen molar-refractivity contribution < 1.29 is 0 Å². The summed E-state index contributed by atoms with van der Waals surface area (Å²) in [6.45, 7) is 8.41. The van der Waals surface area contributed by atoms with Gasteiger partial charge < -0.3 is 0 Å². The highest BCUT2D eigenvalue weighted by molar-refractivity contribution is 5.16. The van der Waals surface area contributed by atoms with Crippen molar-refractivity contribution in [2.75, 3.05) is 0 Å². The van der Waals surface area contributed by atoms with E-state index in [0.29, 0.717) is 0 Å². The third-order valence-corrected chi connectivity index (χ3v) is 1.40. The minimum Gasteiger partial charge on any atom is -0.0874 e. The van der Waals surface area contributed by atoms with Crippen LogP contribution in [0, 0.1) is 0 Å². The van der Waals surface area contributed by atoms with Crippen LogP contribution in [0.15, 0.2) is 35.5 Å². The highest BCUT2D eigenvalue weighted by atomic mass is 13.9. The van der Waals surface area contributed by atoms with Gasteiger partial charge in [-0.25, -0.2) is 0 Å². The minimum absolute atomic E-state index is 1.05. The Labute approximate surface area is 70.3 Å². The van der Waals surface area contributed by atoms with Crippen molar-refractivity contribution in [3.63, 3.8) is 0 Å². The molecule has 0 N–H and O–H groups in total. The molecule has 0 fully saturated rings. The monoisotopic (exact) mass is 150 g/mol. The number of hydrogen-bond acceptors (Lipinski definition) is 0. The highest BCUT2D eigenvalue weighted by Gasteiger charge is 1.79. The maximum atomic E-state index is 2.23. The lowest BCUT2D eigenvalue weighted by Gasteiger charge is -1.90. The van der Waals surface area contributed by atoms with E-state index in [2.05, 4.69) is 45.1 Å². The summed E-state index contributed by atoms with van der Waals surface area (Å²) < 4.78 is 0. The van der Waals surface area contributed by atoms with E-state index in [1.165, 1.54) is 11.1 Å². The van der Waals surface area contributed by atoms with E-state index in [9.17, 15) is 0 Å². The number of hydrogen-bond donors (Lipinski definition) is 0. The second-order valence-corrected chi connectivity index (χ2v) is 2.97. The first kappa shape index (κ1) is 10.2. The fourth-order valence-corrected chi connectivity index (χ4v) is 0.811. The molecule has 0 aromatic carbocycles. The van der Waals surface area contributed by atoms with Gasteiger partial charge >= 0.3 is 0 Å². The molecule has 0 heterocycles. The van der Waals surface area contributed by atoms with Gasteiger partial charge in [-0.3, -0.25) is 0 Å². The summed E-state index contributed by atoms with van der Waals surface area (Å²) in [4.78, 5) is 0. The van der Waals surface area contributed by atoms with Crippen molar-refractivity contribution in [1.82, 2.24) is 0 Å². The normalized spacial score (nSPS) is 12.2. The molecule has 0 atom stereocenters.